The minimum absolute atomic E-state index is 0. The Labute approximate surface area is 444 Å². The minimum atomic E-state index is -0.582. The molecule has 0 aromatic rings. The summed E-state index contributed by atoms with van der Waals surface area (Å²) in [7, 11) is 6.62. The van der Waals surface area contributed by atoms with Crippen LogP contribution in [0.5, 0.6) is 0 Å². The van der Waals surface area contributed by atoms with Gasteiger partial charge in [0.2, 0.25) is 6.79 Å². The summed E-state index contributed by atoms with van der Waals surface area (Å²) in [6, 6.07) is 0. The lowest BCUT2D eigenvalue weighted by Crippen LogP contribution is -2.16. The Kier molecular flexibility index (Phi) is 222. The molecule has 0 aliphatic rings. The van der Waals surface area contributed by atoms with Crippen molar-refractivity contribution < 1.29 is 105 Å². The molecule has 0 saturated heterocycles. The zero-order valence-corrected chi connectivity index (χ0v) is 38.7. The summed E-state index contributed by atoms with van der Waals surface area (Å²) in [4.78, 5) is 91.8. The molecular formula is C50H122O22. The lowest BCUT2D eigenvalue weighted by Gasteiger charge is -2.02. The fourth-order valence-corrected chi connectivity index (χ4v) is 1.75. The summed E-state index contributed by atoms with van der Waals surface area (Å²) >= 11 is 0. The second-order valence-corrected chi connectivity index (χ2v) is 9.72. The molecule has 0 rings (SSSR count). The molecule has 72 heavy (non-hydrogen) atoms. The molecule has 0 bridgehead atoms. The van der Waals surface area contributed by atoms with Gasteiger partial charge in [0.25, 0.3) is 0 Å². The van der Waals surface area contributed by atoms with Crippen LogP contribution in [0.25, 0.3) is 0 Å². The van der Waals surface area contributed by atoms with Crippen molar-refractivity contribution in [1.29, 1.82) is 0 Å². The minimum Gasteiger partial charge on any atom is -0.469 e. The lowest BCUT2D eigenvalue weighted by atomic mass is 10.4. The van der Waals surface area contributed by atoms with E-state index in [1.165, 1.54) is 62.6 Å². The molecule has 0 unspecified atom stereocenters. The van der Waals surface area contributed by atoms with Crippen molar-refractivity contribution in [2.75, 3.05) is 95.6 Å². The van der Waals surface area contributed by atoms with Gasteiger partial charge in [-0.25, -0.2) is 9.59 Å². The van der Waals surface area contributed by atoms with E-state index in [2.05, 4.69) is 72.9 Å². The van der Waals surface area contributed by atoms with Crippen molar-refractivity contribution in [3.63, 3.8) is 0 Å². The molecule has 22 nitrogen and oxygen atoms in total. The van der Waals surface area contributed by atoms with E-state index in [0.29, 0.717) is 13.0 Å². The summed E-state index contributed by atoms with van der Waals surface area (Å²) in [6.45, 7) is 20.8. The highest BCUT2D eigenvalue weighted by Crippen LogP contribution is 1.86. The van der Waals surface area contributed by atoms with Crippen molar-refractivity contribution >= 4 is 53.7 Å². The quantitative estimate of drug-likeness (QED) is 0.0405. The van der Waals surface area contributed by atoms with Crippen molar-refractivity contribution in [3.05, 3.63) is 0 Å². The highest BCUT2D eigenvalue weighted by molar-refractivity contribution is 5.91. The van der Waals surface area contributed by atoms with Gasteiger partial charge in [0.15, 0.2) is 13.6 Å². The van der Waals surface area contributed by atoms with Gasteiger partial charge in [0, 0.05) is 61.0 Å². The molecule has 0 N–H and O–H groups in total. The molecule has 0 atom stereocenters. The molecule has 0 aliphatic carbocycles. The number of ether oxygens (including phenoxy) is 13. The first-order valence-corrected chi connectivity index (χ1v) is 18.4. The predicted octanol–water partition coefficient (Wildman–Crippen LogP) is 11.3. The van der Waals surface area contributed by atoms with Crippen LogP contribution < -0.4 is 0 Å². The van der Waals surface area contributed by atoms with E-state index < -0.39 is 47.8 Å². The third-order valence-corrected chi connectivity index (χ3v) is 4.27. The molecule has 0 aromatic carbocycles. The van der Waals surface area contributed by atoms with Crippen molar-refractivity contribution in [1.82, 2.24) is 0 Å². The maximum Gasteiger partial charge on any atom is 0.331 e. The number of hydrogen-bond acceptors (Lipinski definition) is 22. The standard InChI is InChI=1S/2C6H10O5.2C5H8O4.C5H10O2.2C4H10O.C3H8.12CH4/c1-9-5(7)3-11-4-6(8)10-2;1-5(7)10-3-9-4-11-6(2)8;1-8-4(6)3-5(7)9-2;1-4(6)8-3-9-5(2)7;1-3-5(6)7-4-2;1-3-4-5-2;1-3-5-4-2;1-3-2;;;;;;;;;;;;/h2*3-4H2,1-2H3;2*3H2,1-2H3;3-4H2,1-2H3;2*3-4H2,1-2H3;3H2,1-2H3;12*1H4. The maximum atomic E-state index is 10.4. The second kappa shape index (κ2) is 121. The van der Waals surface area contributed by atoms with E-state index in [1.807, 2.05) is 13.8 Å². The van der Waals surface area contributed by atoms with Crippen LogP contribution in [-0.4, -0.2) is 149 Å². The SMILES string of the molecule is C.C.C.C.C.C.C.C.C.C.C.C.CC(=O)OCOC(C)=O.CC(=O)OCOCOC(C)=O.CCC.CCCOC.CCOC(=O)CC.CCOCC.COC(=O)CC(=O)OC.COC(=O)COCC(=O)OC. The van der Waals surface area contributed by atoms with Crippen LogP contribution in [0.2, 0.25) is 0 Å². The van der Waals surface area contributed by atoms with Crippen LogP contribution in [-0.2, 0) is 105 Å². The number of hydrogen-bond donors (Lipinski definition) is 0. The summed E-state index contributed by atoms with van der Waals surface area (Å²) in [6.07, 6.45) is 2.54. The number of esters is 9. The number of methoxy groups -OCH3 is 5. The summed E-state index contributed by atoms with van der Waals surface area (Å²) in [5, 5.41) is 0. The van der Waals surface area contributed by atoms with Crippen LogP contribution in [0.15, 0.2) is 0 Å². The van der Waals surface area contributed by atoms with Crippen LogP contribution >= 0.6 is 0 Å². The first kappa shape index (κ1) is 132. The van der Waals surface area contributed by atoms with E-state index in [0.717, 1.165) is 26.2 Å². The Bertz CT molecular complexity index is 969. The Balaban J connectivity index is -0.0000000238. The molecular weight excluding hydrogens is 953 g/mol. The van der Waals surface area contributed by atoms with Crippen molar-refractivity contribution in [2.45, 2.75) is 191 Å². The molecule has 0 heterocycles. The molecule has 0 amide bonds. The van der Waals surface area contributed by atoms with Crippen LogP contribution in [0.4, 0.5) is 0 Å². The van der Waals surface area contributed by atoms with E-state index in [1.54, 1.807) is 21.0 Å². The van der Waals surface area contributed by atoms with Crippen LogP contribution in [0.3, 0.4) is 0 Å². The van der Waals surface area contributed by atoms with Gasteiger partial charge in [0.1, 0.15) is 19.6 Å². The van der Waals surface area contributed by atoms with Gasteiger partial charge in [-0.3, -0.25) is 33.6 Å². The number of carbonyl (C=O) groups excluding carboxylic acids is 9. The van der Waals surface area contributed by atoms with E-state index >= 15 is 0 Å². The first-order valence-electron chi connectivity index (χ1n) is 18.4. The number of rotatable bonds is 18. The highest BCUT2D eigenvalue weighted by Gasteiger charge is 2.07. The van der Waals surface area contributed by atoms with Gasteiger partial charge in [-0.2, -0.15) is 0 Å². The average Bonchev–Trinajstić information content (AvgIpc) is 3.19. The van der Waals surface area contributed by atoms with Gasteiger partial charge >= 0.3 is 53.7 Å². The van der Waals surface area contributed by atoms with E-state index in [9.17, 15) is 43.2 Å². The smallest absolute Gasteiger partial charge is 0.331 e. The average molecular weight is 1080 g/mol. The summed E-state index contributed by atoms with van der Waals surface area (Å²) in [5.41, 5.74) is 0. The van der Waals surface area contributed by atoms with Crippen LogP contribution in [0.1, 0.15) is 191 Å². The van der Waals surface area contributed by atoms with Gasteiger partial charge in [-0.05, 0) is 27.2 Å². The Morgan fingerprint density at radius 2 is 0.611 bits per heavy atom. The van der Waals surface area contributed by atoms with Crippen LogP contribution in [0, 0.1) is 0 Å². The molecule has 0 saturated carbocycles. The van der Waals surface area contributed by atoms with Crippen molar-refractivity contribution in [3.8, 4) is 0 Å². The van der Waals surface area contributed by atoms with Crippen molar-refractivity contribution in [2.24, 2.45) is 0 Å². The monoisotopic (exact) mass is 1070 g/mol. The molecule has 0 aromatic heterocycles. The second-order valence-electron chi connectivity index (χ2n) is 9.72. The van der Waals surface area contributed by atoms with E-state index in [-0.39, 0.29) is 135 Å². The fourth-order valence-electron chi connectivity index (χ4n) is 1.75. The van der Waals surface area contributed by atoms with Gasteiger partial charge in [0.05, 0.1) is 35.0 Å². The maximum absolute atomic E-state index is 10.4. The molecule has 0 spiro atoms. The lowest BCUT2D eigenvalue weighted by molar-refractivity contribution is -0.173. The van der Waals surface area contributed by atoms with Gasteiger partial charge in [-0.15, -0.1) is 0 Å². The van der Waals surface area contributed by atoms with Gasteiger partial charge in [-0.1, -0.05) is 123 Å². The highest BCUT2D eigenvalue weighted by atomic mass is 16.8. The third-order valence-electron chi connectivity index (χ3n) is 4.27. The van der Waals surface area contributed by atoms with Gasteiger partial charge < -0.3 is 61.6 Å². The molecule has 0 aliphatic heterocycles. The largest absolute Gasteiger partial charge is 0.469 e. The zero-order chi connectivity index (χ0) is 48.6. The molecule has 22 heteroatoms. The Morgan fingerprint density at radius 3 is 0.764 bits per heavy atom. The topological polar surface area (TPSA) is 274 Å². The normalized spacial score (nSPS) is 7.00. The molecule has 0 fully saturated rings. The van der Waals surface area contributed by atoms with E-state index in [4.69, 9.17) is 9.47 Å². The Hall–Kier alpha value is -4.93. The predicted molar refractivity (Wildman–Crippen MR) is 294 cm³/mol. The summed E-state index contributed by atoms with van der Waals surface area (Å²) in [5.74, 6) is -4.12. The number of carbonyl (C=O) groups is 9. The molecule has 0 radical (unpaired) electrons. The zero-order valence-electron chi connectivity index (χ0n) is 38.7. The molecule has 454 valence electrons. The Morgan fingerprint density at radius 1 is 0.333 bits per heavy atom. The fraction of sp³-hybridized carbons (Fsp3) is 0.820. The summed E-state index contributed by atoms with van der Waals surface area (Å²) < 4.78 is 57.4. The first-order chi connectivity index (χ1) is 28.2. The third kappa shape index (κ3) is 205.